The second kappa shape index (κ2) is 7.18. The third kappa shape index (κ3) is 5.33. The standard InChI is InChI=1S/C7H5BrO2.C6H5BrO/c8-6-3-1-5(2-4-6)7(9)10;7-5-1-3-6(8)4-2-5/h1-4H,(H,9,10);1-4,8H. The van der Waals surface area contributed by atoms with Crippen LogP contribution >= 0.6 is 31.9 Å². The van der Waals surface area contributed by atoms with Crippen molar-refractivity contribution in [1.82, 2.24) is 0 Å². The molecule has 0 bridgehead atoms. The molecule has 0 aliphatic rings. The van der Waals surface area contributed by atoms with Crippen LogP contribution in [0, 0.1) is 0 Å². The maximum Gasteiger partial charge on any atom is 0.335 e. The average Bonchev–Trinajstić information content (AvgIpc) is 2.34. The van der Waals surface area contributed by atoms with Gasteiger partial charge in [-0.15, -0.1) is 0 Å². The summed E-state index contributed by atoms with van der Waals surface area (Å²) in [6.07, 6.45) is 0. The van der Waals surface area contributed by atoms with E-state index in [4.69, 9.17) is 10.2 Å². The van der Waals surface area contributed by atoms with E-state index in [0.717, 1.165) is 8.95 Å². The average molecular weight is 374 g/mol. The highest BCUT2D eigenvalue weighted by molar-refractivity contribution is 9.10. The Morgan fingerprint density at radius 1 is 0.833 bits per heavy atom. The second-order valence-corrected chi connectivity index (χ2v) is 5.12. The van der Waals surface area contributed by atoms with Crippen molar-refractivity contribution in [2.75, 3.05) is 0 Å². The molecule has 0 radical (unpaired) electrons. The number of hydrogen-bond donors (Lipinski definition) is 2. The van der Waals surface area contributed by atoms with Crippen LogP contribution in [0.4, 0.5) is 0 Å². The highest BCUT2D eigenvalue weighted by Gasteiger charge is 1.98. The van der Waals surface area contributed by atoms with Crippen molar-refractivity contribution < 1.29 is 15.0 Å². The molecule has 94 valence electrons. The van der Waals surface area contributed by atoms with Crippen molar-refractivity contribution in [3.05, 3.63) is 63.0 Å². The third-order valence-electron chi connectivity index (χ3n) is 1.92. The first-order valence-corrected chi connectivity index (χ1v) is 6.51. The summed E-state index contributed by atoms with van der Waals surface area (Å²) < 4.78 is 1.87. The van der Waals surface area contributed by atoms with Gasteiger partial charge in [-0.3, -0.25) is 0 Å². The number of aromatic hydroxyl groups is 1. The van der Waals surface area contributed by atoms with E-state index in [1.807, 2.05) is 0 Å². The Bertz CT molecular complexity index is 486. The van der Waals surface area contributed by atoms with Crippen LogP contribution in [0.1, 0.15) is 10.4 Å². The minimum atomic E-state index is -0.896. The van der Waals surface area contributed by atoms with E-state index < -0.39 is 5.97 Å². The lowest BCUT2D eigenvalue weighted by Crippen LogP contribution is -1.94. The van der Waals surface area contributed by atoms with Crippen LogP contribution in [0.5, 0.6) is 5.75 Å². The van der Waals surface area contributed by atoms with Crippen LogP contribution < -0.4 is 0 Å². The molecular weight excluding hydrogens is 364 g/mol. The molecule has 2 aromatic rings. The van der Waals surface area contributed by atoms with Crippen LogP contribution in [0.2, 0.25) is 0 Å². The summed E-state index contributed by atoms with van der Waals surface area (Å²) in [5.41, 5.74) is 0.309. The Morgan fingerprint density at radius 3 is 1.56 bits per heavy atom. The smallest absolute Gasteiger partial charge is 0.335 e. The Hall–Kier alpha value is -1.33. The molecule has 18 heavy (non-hydrogen) atoms. The van der Waals surface area contributed by atoms with Crippen molar-refractivity contribution in [3.8, 4) is 5.75 Å². The monoisotopic (exact) mass is 372 g/mol. The second-order valence-electron chi connectivity index (χ2n) is 3.29. The van der Waals surface area contributed by atoms with E-state index in [2.05, 4.69) is 31.9 Å². The molecule has 0 aromatic heterocycles. The fraction of sp³-hybridized carbons (Fsp3) is 0. The van der Waals surface area contributed by atoms with Gasteiger partial charge in [0, 0.05) is 8.95 Å². The maximum absolute atomic E-state index is 10.3. The quantitative estimate of drug-likeness (QED) is 0.783. The molecule has 0 fully saturated rings. The summed E-state index contributed by atoms with van der Waals surface area (Å²) in [6.45, 7) is 0. The van der Waals surface area contributed by atoms with Gasteiger partial charge >= 0.3 is 5.97 Å². The molecule has 0 aliphatic heterocycles. The summed E-state index contributed by atoms with van der Waals surface area (Å²) in [5, 5.41) is 17.2. The number of benzene rings is 2. The molecular formula is C13H10Br2O3. The molecule has 0 unspecified atom stereocenters. The fourth-order valence-corrected chi connectivity index (χ4v) is 1.56. The van der Waals surface area contributed by atoms with Gasteiger partial charge in [0.05, 0.1) is 5.56 Å². The number of carboxylic acid groups (broad SMARTS) is 1. The highest BCUT2D eigenvalue weighted by atomic mass is 79.9. The lowest BCUT2D eigenvalue weighted by molar-refractivity contribution is 0.0697. The Balaban J connectivity index is 0.000000184. The molecule has 0 aliphatic carbocycles. The number of phenolic OH excluding ortho intramolecular Hbond substituents is 1. The van der Waals surface area contributed by atoms with Gasteiger partial charge in [-0.25, -0.2) is 4.79 Å². The van der Waals surface area contributed by atoms with Gasteiger partial charge in [0.15, 0.2) is 0 Å². The van der Waals surface area contributed by atoms with Crippen LogP contribution in [-0.2, 0) is 0 Å². The number of phenols is 1. The van der Waals surface area contributed by atoms with Gasteiger partial charge in [0.1, 0.15) is 5.75 Å². The first kappa shape index (κ1) is 14.7. The summed E-state index contributed by atoms with van der Waals surface area (Å²) in [4.78, 5) is 10.3. The van der Waals surface area contributed by atoms with Crippen molar-refractivity contribution >= 4 is 37.8 Å². The number of aromatic carboxylic acids is 1. The minimum Gasteiger partial charge on any atom is -0.508 e. The van der Waals surface area contributed by atoms with Crippen LogP contribution in [0.3, 0.4) is 0 Å². The van der Waals surface area contributed by atoms with Crippen molar-refractivity contribution in [3.63, 3.8) is 0 Å². The summed E-state index contributed by atoms with van der Waals surface area (Å²) in [5.74, 6) is -0.597. The molecule has 0 spiro atoms. The zero-order valence-corrected chi connectivity index (χ0v) is 12.3. The number of rotatable bonds is 1. The minimum absolute atomic E-state index is 0.299. The third-order valence-corrected chi connectivity index (χ3v) is 2.98. The molecule has 0 saturated heterocycles. The summed E-state index contributed by atoms with van der Waals surface area (Å²) in [6, 6.07) is 13.3. The summed E-state index contributed by atoms with van der Waals surface area (Å²) >= 11 is 6.44. The lowest BCUT2D eigenvalue weighted by atomic mass is 10.2. The number of hydrogen-bond acceptors (Lipinski definition) is 2. The van der Waals surface area contributed by atoms with E-state index in [1.165, 1.54) is 0 Å². The highest BCUT2D eigenvalue weighted by Crippen LogP contribution is 2.13. The van der Waals surface area contributed by atoms with Gasteiger partial charge < -0.3 is 10.2 Å². The zero-order valence-electron chi connectivity index (χ0n) is 9.18. The van der Waals surface area contributed by atoms with E-state index >= 15 is 0 Å². The van der Waals surface area contributed by atoms with E-state index in [9.17, 15) is 4.79 Å². The van der Waals surface area contributed by atoms with Crippen LogP contribution in [-0.4, -0.2) is 16.2 Å². The van der Waals surface area contributed by atoms with Crippen LogP contribution in [0.25, 0.3) is 0 Å². The first-order chi connectivity index (χ1) is 8.49. The fourth-order valence-electron chi connectivity index (χ4n) is 1.03. The Kier molecular flexibility index (Phi) is 5.88. The van der Waals surface area contributed by atoms with Crippen molar-refractivity contribution in [2.45, 2.75) is 0 Å². The Labute approximate surface area is 121 Å². The molecule has 0 saturated carbocycles. The van der Waals surface area contributed by atoms with Gasteiger partial charge in [0.25, 0.3) is 0 Å². The SMILES string of the molecule is O=C(O)c1ccc(Br)cc1.Oc1ccc(Br)cc1. The molecule has 0 amide bonds. The van der Waals surface area contributed by atoms with E-state index in [1.54, 1.807) is 48.5 Å². The maximum atomic E-state index is 10.3. The summed E-state index contributed by atoms with van der Waals surface area (Å²) in [7, 11) is 0. The lowest BCUT2D eigenvalue weighted by Gasteiger charge is -1.91. The van der Waals surface area contributed by atoms with Gasteiger partial charge in [0.2, 0.25) is 0 Å². The number of carbonyl (C=O) groups is 1. The first-order valence-electron chi connectivity index (χ1n) is 4.92. The largest absolute Gasteiger partial charge is 0.508 e. The molecule has 2 aromatic carbocycles. The Morgan fingerprint density at radius 2 is 1.22 bits per heavy atom. The number of carboxylic acids is 1. The van der Waals surface area contributed by atoms with Crippen LogP contribution in [0.15, 0.2) is 57.5 Å². The molecule has 3 nitrogen and oxygen atoms in total. The zero-order chi connectivity index (χ0) is 13.5. The molecule has 2 rings (SSSR count). The normalized spacial score (nSPS) is 9.22. The van der Waals surface area contributed by atoms with Crippen molar-refractivity contribution in [1.29, 1.82) is 0 Å². The van der Waals surface area contributed by atoms with Gasteiger partial charge in [-0.2, -0.15) is 0 Å². The van der Waals surface area contributed by atoms with E-state index in [0.29, 0.717) is 11.3 Å². The molecule has 2 N–H and O–H groups in total. The predicted molar refractivity (Wildman–Crippen MR) is 76.9 cm³/mol. The topological polar surface area (TPSA) is 57.5 Å². The predicted octanol–water partition coefficient (Wildman–Crippen LogP) is 4.30. The molecule has 0 heterocycles. The van der Waals surface area contributed by atoms with E-state index in [-0.39, 0.29) is 0 Å². The number of halogens is 2. The van der Waals surface area contributed by atoms with Gasteiger partial charge in [-0.05, 0) is 48.5 Å². The molecule has 0 atom stereocenters. The van der Waals surface area contributed by atoms with Gasteiger partial charge in [-0.1, -0.05) is 31.9 Å². The molecule has 5 heteroatoms. The van der Waals surface area contributed by atoms with Crippen molar-refractivity contribution in [2.24, 2.45) is 0 Å².